The zero-order valence-corrected chi connectivity index (χ0v) is 10.5. The fourth-order valence-electron chi connectivity index (χ4n) is 1.27. The molecule has 0 spiro atoms. The SMILES string of the molecule is COCCC(Cl)Cc1cccc(Br)c1. The molecule has 0 N–H and O–H groups in total. The highest BCUT2D eigenvalue weighted by Gasteiger charge is 2.05. The van der Waals surface area contributed by atoms with E-state index in [-0.39, 0.29) is 5.38 Å². The van der Waals surface area contributed by atoms with Gasteiger partial charge in [-0.2, -0.15) is 0 Å². The highest BCUT2D eigenvalue weighted by Crippen LogP contribution is 2.16. The zero-order chi connectivity index (χ0) is 10.4. The Morgan fingerprint density at radius 1 is 1.50 bits per heavy atom. The summed E-state index contributed by atoms with van der Waals surface area (Å²) in [6.07, 6.45) is 1.79. The monoisotopic (exact) mass is 276 g/mol. The zero-order valence-electron chi connectivity index (χ0n) is 8.17. The number of benzene rings is 1. The molecule has 0 radical (unpaired) electrons. The first kappa shape index (κ1) is 12.0. The molecule has 0 bridgehead atoms. The van der Waals surface area contributed by atoms with E-state index in [1.54, 1.807) is 7.11 Å². The Morgan fingerprint density at radius 3 is 2.93 bits per heavy atom. The number of alkyl halides is 1. The maximum atomic E-state index is 6.15. The van der Waals surface area contributed by atoms with E-state index in [1.807, 2.05) is 12.1 Å². The lowest BCUT2D eigenvalue weighted by atomic mass is 10.1. The predicted octanol–water partition coefficient (Wildman–Crippen LogP) is 3.64. The van der Waals surface area contributed by atoms with Crippen LogP contribution in [0.5, 0.6) is 0 Å². The summed E-state index contributed by atoms with van der Waals surface area (Å²) < 4.78 is 6.08. The lowest BCUT2D eigenvalue weighted by Gasteiger charge is -2.08. The van der Waals surface area contributed by atoms with Crippen molar-refractivity contribution in [2.75, 3.05) is 13.7 Å². The third kappa shape index (κ3) is 4.45. The minimum atomic E-state index is 0.157. The van der Waals surface area contributed by atoms with Gasteiger partial charge in [0, 0.05) is 23.6 Å². The smallest absolute Gasteiger partial charge is 0.0476 e. The second kappa shape index (κ2) is 6.44. The van der Waals surface area contributed by atoms with Crippen molar-refractivity contribution in [1.82, 2.24) is 0 Å². The van der Waals surface area contributed by atoms with Crippen molar-refractivity contribution in [3.05, 3.63) is 34.3 Å². The first-order valence-electron chi connectivity index (χ1n) is 4.60. The molecule has 0 saturated heterocycles. The van der Waals surface area contributed by atoms with Crippen molar-refractivity contribution in [3.63, 3.8) is 0 Å². The van der Waals surface area contributed by atoms with Gasteiger partial charge in [-0.25, -0.2) is 0 Å². The first-order valence-corrected chi connectivity index (χ1v) is 5.82. The molecule has 0 aliphatic heterocycles. The Labute approximate surface area is 98.5 Å². The molecular weight excluding hydrogens is 263 g/mol. The Morgan fingerprint density at radius 2 is 2.29 bits per heavy atom. The summed E-state index contributed by atoms with van der Waals surface area (Å²) in [6.45, 7) is 0.724. The molecule has 1 atom stereocenters. The van der Waals surface area contributed by atoms with Crippen molar-refractivity contribution < 1.29 is 4.74 Å². The number of rotatable bonds is 5. The molecule has 0 aliphatic carbocycles. The summed E-state index contributed by atoms with van der Waals surface area (Å²) in [5.74, 6) is 0. The lowest BCUT2D eigenvalue weighted by Crippen LogP contribution is -2.06. The maximum Gasteiger partial charge on any atom is 0.0476 e. The van der Waals surface area contributed by atoms with Crippen LogP contribution in [0.1, 0.15) is 12.0 Å². The van der Waals surface area contributed by atoms with Crippen LogP contribution in [0.2, 0.25) is 0 Å². The van der Waals surface area contributed by atoms with Crippen LogP contribution in [0.4, 0.5) is 0 Å². The van der Waals surface area contributed by atoms with Gasteiger partial charge >= 0.3 is 0 Å². The molecule has 1 aromatic carbocycles. The molecule has 78 valence electrons. The highest BCUT2D eigenvalue weighted by atomic mass is 79.9. The predicted molar refractivity (Wildman–Crippen MR) is 64.0 cm³/mol. The molecule has 1 aromatic rings. The van der Waals surface area contributed by atoms with Crippen LogP contribution in [0.15, 0.2) is 28.7 Å². The van der Waals surface area contributed by atoms with Crippen LogP contribution in [-0.4, -0.2) is 19.1 Å². The van der Waals surface area contributed by atoms with Gasteiger partial charge in [0.25, 0.3) is 0 Å². The first-order chi connectivity index (χ1) is 6.72. The second-order valence-electron chi connectivity index (χ2n) is 3.21. The van der Waals surface area contributed by atoms with Crippen molar-refractivity contribution in [2.45, 2.75) is 18.2 Å². The van der Waals surface area contributed by atoms with Crippen LogP contribution >= 0.6 is 27.5 Å². The van der Waals surface area contributed by atoms with Crippen molar-refractivity contribution in [1.29, 1.82) is 0 Å². The number of halogens is 2. The van der Waals surface area contributed by atoms with Crippen LogP contribution in [0.25, 0.3) is 0 Å². The third-order valence-corrected chi connectivity index (χ3v) is 2.85. The second-order valence-corrected chi connectivity index (χ2v) is 4.75. The number of hydrogen-bond acceptors (Lipinski definition) is 1. The van der Waals surface area contributed by atoms with Crippen molar-refractivity contribution >= 4 is 27.5 Å². The summed E-state index contributed by atoms with van der Waals surface area (Å²) in [6, 6.07) is 8.23. The normalized spacial score (nSPS) is 12.8. The van der Waals surface area contributed by atoms with Crippen molar-refractivity contribution in [2.24, 2.45) is 0 Å². The van der Waals surface area contributed by atoms with Crippen LogP contribution in [0.3, 0.4) is 0 Å². The van der Waals surface area contributed by atoms with E-state index >= 15 is 0 Å². The van der Waals surface area contributed by atoms with E-state index in [0.29, 0.717) is 0 Å². The van der Waals surface area contributed by atoms with Crippen LogP contribution in [0, 0.1) is 0 Å². The van der Waals surface area contributed by atoms with E-state index in [0.717, 1.165) is 23.9 Å². The van der Waals surface area contributed by atoms with E-state index in [2.05, 4.69) is 28.1 Å². The maximum absolute atomic E-state index is 6.15. The Kier molecular flexibility index (Phi) is 5.53. The molecule has 0 heterocycles. The Bertz CT molecular complexity index is 278. The summed E-state index contributed by atoms with van der Waals surface area (Å²) in [7, 11) is 1.70. The number of ether oxygens (including phenoxy) is 1. The molecule has 1 unspecified atom stereocenters. The molecule has 0 aromatic heterocycles. The lowest BCUT2D eigenvalue weighted by molar-refractivity contribution is 0.194. The van der Waals surface area contributed by atoms with Gasteiger partial charge in [0.1, 0.15) is 0 Å². The van der Waals surface area contributed by atoms with Gasteiger partial charge in [-0.1, -0.05) is 28.1 Å². The van der Waals surface area contributed by atoms with E-state index in [1.165, 1.54) is 5.56 Å². The average Bonchev–Trinajstić information content (AvgIpc) is 2.15. The van der Waals surface area contributed by atoms with E-state index < -0.39 is 0 Å². The van der Waals surface area contributed by atoms with Crippen LogP contribution in [-0.2, 0) is 11.2 Å². The van der Waals surface area contributed by atoms with Gasteiger partial charge in [0.2, 0.25) is 0 Å². The quantitative estimate of drug-likeness (QED) is 0.747. The van der Waals surface area contributed by atoms with Gasteiger partial charge in [-0.3, -0.25) is 0 Å². The number of hydrogen-bond donors (Lipinski definition) is 0. The molecule has 1 rings (SSSR count). The summed E-state index contributed by atoms with van der Waals surface area (Å²) in [4.78, 5) is 0. The Balaban J connectivity index is 2.43. The molecule has 0 saturated carbocycles. The molecular formula is C11H14BrClO. The summed E-state index contributed by atoms with van der Waals surface area (Å²) in [5.41, 5.74) is 1.26. The topological polar surface area (TPSA) is 9.23 Å². The van der Waals surface area contributed by atoms with E-state index in [4.69, 9.17) is 16.3 Å². The van der Waals surface area contributed by atoms with Gasteiger partial charge in [0.15, 0.2) is 0 Å². The fraction of sp³-hybridized carbons (Fsp3) is 0.455. The largest absolute Gasteiger partial charge is 0.385 e. The van der Waals surface area contributed by atoms with Gasteiger partial charge in [-0.05, 0) is 30.5 Å². The molecule has 0 fully saturated rings. The third-order valence-electron chi connectivity index (χ3n) is 1.98. The van der Waals surface area contributed by atoms with Gasteiger partial charge in [-0.15, -0.1) is 11.6 Å². The molecule has 14 heavy (non-hydrogen) atoms. The molecule has 0 amide bonds. The fourth-order valence-corrected chi connectivity index (χ4v) is 1.98. The van der Waals surface area contributed by atoms with Crippen LogP contribution < -0.4 is 0 Å². The minimum Gasteiger partial charge on any atom is -0.385 e. The molecule has 3 heteroatoms. The number of methoxy groups -OCH3 is 1. The Hall–Kier alpha value is -0.0500. The molecule has 0 aliphatic rings. The highest BCUT2D eigenvalue weighted by molar-refractivity contribution is 9.10. The van der Waals surface area contributed by atoms with Crippen molar-refractivity contribution in [3.8, 4) is 0 Å². The summed E-state index contributed by atoms with van der Waals surface area (Å²) in [5, 5.41) is 0.157. The minimum absolute atomic E-state index is 0.157. The average molecular weight is 278 g/mol. The van der Waals surface area contributed by atoms with Gasteiger partial charge < -0.3 is 4.74 Å². The summed E-state index contributed by atoms with van der Waals surface area (Å²) >= 11 is 9.59. The van der Waals surface area contributed by atoms with E-state index in [9.17, 15) is 0 Å². The molecule has 1 nitrogen and oxygen atoms in total. The standard InChI is InChI=1S/C11H14BrClO/c1-14-6-5-11(13)8-9-3-2-4-10(12)7-9/h2-4,7,11H,5-6,8H2,1H3. The van der Waals surface area contributed by atoms with Gasteiger partial charge in [0.05, 0.1) is 0 Å².